The number of nitrogens with one attached hydrogen (secondary N) is 1. The highest BCUT2D eigenvalue weighted by molar-refractivity contribution is 7.89. The van der Waals surface area contributed by atoms with E-state index in [-0.39, 0.29) is 16.7 Å². The van der Waals surface area contributed by atoms with E-state index in [1.165, 1.54) is 19.2 Å². The highest BCUT2D eigenvalue weighted by Crippen LogP contribution is 2.28. The Morgan fingerprint density at radius 2 is 1.89 bits per heavy atom. The van der Waals surface area contributed by atoms with Gasteiger partial charge in [-0.05, 0) is 50.2 Å². The van der Waals surface area contributed by atoms with E-state index in [4.69, 9.17) is 0 Å². The van der Waals surface area contributed by atoms with Crippen LogP contribution in [-0.2, 0) is 10.0 Å². The van der Waals surface area contributed by atoms with Crippen molar-refractivity contribution in [2.45, 2.75) is 23.7 Å². The molecule has 1 saturated heterocycles. The molecule has 1 aliphatic heterocycles. The molecule has 0 aliphatic carbocycles. The van der Waals surface area contributed by atoms with Gasteiger partial charge in [-0.1, -0.05) is 12.1 Å². The molecule has 8 nitrogen and oxygen atoms in total. The molecule has 2 aromatic heterocycles. The molecule has 1 N–H and O–H groups in total. The summed E-state index contributed by atoms with van der Waals surface area (Å²) in [6.07, 6.45) is 3.53. The normalized spacial score (nSPS) is 15.8. The molecule has 3 heterocycles. The second kappa shape index (κ2) is 7.33. The topological polar surface area (TPSA) is 96.7 Å². The maximum atomic E-state index is 12.9. The van der Waals surface area contributed by atoms with Crippen LogP contribution in [0, 0.1) is 0 Å². The van der Waals surface area contributed by atoms with E-state index in [9.17, 15) is 13.2 Å². The van der Waals surface area contributed by atoms with Crippen LogP contribution in [0.5, 0.6) is 0 Å². The van der Waals surface area contributed by atoms with Crippen LogP contribution in [0.1, 0.15) is 34.9 Å². The van der Waals surface area contributed by atoms with Crippen molar-refractivity contribution in [3.8, 4) is 0 Å². The van der Waals surface area contributed by atoms with E-state index in [1.807, 2.05) is 28.8 Å². The number of piperidine rings is 1. The van der Waals surface area contributed by atoms with Crippen LogP contribution in [0.15, 0.2) is 53.6 Å². The fraction of sp³-hybridized carbons (Fsp3) is 0.316. The highest BCUT2D eigenvalue weighted by atomic mass is 32.2. The van der Waals surface area contributed by atoms with Crippen molar-refractivity contribution < 1.29 is 13.2 Å². The highest BCUT2D eigenvalue weighted by Gasteiger charge is 2.27. The van der Waals surface area contributed by atoms with Crippen LogP contribution >= 0.6 is 0 Å². The molecule has 0 saturated carbocycles. The van der Waals surface area contributed by atoms with E-state index >= 15 is 0 Å². The fourth-order valence-electron chi connectivity index (χ4n) is 3.58. The molecule has 0 radical (unpaired) electrons. The molecule has 1 fully saturated rings. The first-order valence-electron chi connectivity index (χ1n) is 9.12. The Labute approximate surface area is 163 Å². The van der Waals surface area contributed by atoms with Crippen LogP contribution in [0.3, 0.4) is 0 Å². The number of fused-ring (bicyclic) bond motifs is 1. The van der Waals surface area contributed by atoms with E-state index in [0.717, 1.165) is 24.3 Å². The summed E-state index contributed by atoms with van der Waals surface area (Å²) in [6, 6.07) is 11.9. The second-order valence-electron chi connectivity index (χ2n) is 6.79. The molecule has 9 heteroatoms. The molecular weight excluding hydrogens is 378 g/mol. The molecular formula is C19H21N5O3S. The summed E-state index contributed by atoms with van der Waals surface area (Å²) in [5.74, 6) is 1.000. The lowest BCUT2D eigenvalue weighted by atomic mass is 9.95. The molecule has 28 heavy (non-hydrogen) atoms. The zero-order chi connectivity index (χ0) is 19.7. The summed E-state index contributed by atoms with van der Waals surface area (Å²) in [4.78, 5) is 14.7. The number of rotatable bonds is 4. The van der Waals surface area contributed by atoms with Crippen molar-refractivity contribution in [1.29, 1.82) is 0 Å². The molecule has 4 rings (SSSR count). The van der Waals surface area contributed by atoms with Gasteiger partial charge in [0.05, 0.1) is 4.90 Å². The zero-order valence-corrected chi connectivity index (χ0v) is 16.3. The van der Waals surface area contributed by atoms with Crippen LogP contribution in [0.4, 0.5) is 0 Å². The Bertz CT molecular complexity index is 1120. The Hall–Kier alpha value is -2.78. The predicted molar refractivity (Wildman–Crippen MR) is 104 cm³/mol. The second-order valence-corrected chi connectivity index (χ2v) is 8.68. The minimum absolute atomic E-state index is 0.0886. The van der Waals surface area contributed by atoms with Gasteiger partial charge in [0.25, 0.3) is 5.91 Å². The van der Waals surface area contributed by atoms with E-state index in [0.29, 0.717) is 18.7 Å². The summed E-state index contributed by atoms with van der Waals surface area (Å²) in [6.45, 7) is 1.18. The largest absolute Gasteiger partial charge is 0.339 e. The number of aromatic nitrogens is 3. The number of benzene rings is 1. The lowest BCUT2D eigenvalue weighted by molar-refractivity contribution is 0.0710. The third kappa shape index (κ3) is 3.38. The van der Waals surface area contributed by atoms with Crippen molar-refractivity contribution in [2.75, 3.05) is 20.1 Å². The first-order valence-corrected chi connectivity index (χ1v) is 10.6. The van der Waals surface area contributed by atoms with E-state index < -0.39 is 10.0 Å². The number of carbonyl (C=O) groups excluding carboxylic acids is 1. The Morgan fingerprint density at radius 1 is 1.11 bits per heavy atom. The number of carbonyl (C=O) groups is 1. The number of pyridine rings is 1. The van der Waals surface area contributed by atoms with Crippen LogP contribution < -0.4 is 4.72 Å². The number of sulfonamides is 1. The van der Waals surface area contributed by atoms with Gasteiger partial charge < -0.3 is 4.90 Å². The van der Waals surface area contributed by atoms with Crippen LogP contribution in [0.25, 0.3) is 5.65 Å². The molecule has 1 amide bonds. The molecule has 3 aromatic rings. The molecule has 1 aromatic carbocycles. The Kier molecular flexibility index (Phi) is 4.86. The molecule has 146 valence electrons. The molecule has 0 spiro atoms. The van der Waals surface area contributed by atoms with E-state index in [2.05, 4.69) is 14.9 Å². The van der Waals surface area contributed by atoms with Gasteiger partial charge in [-0.25, -0.2) is 13.1 Å². The van der Waals surface area contributed by atoms with Gasteiger partial charge in [0.2, 0.25) is 10.0 Å². The average Bonchev–Trinajstić information content (AvgIpc) is 3.17. The van der Waals surface area contributed by atoms with Gasteiger partial charge in [0, 0.05) is 30.8 Å². The van der Waals surface area contributed by atoms with Crippen molar-refractivity contribution >= 4 is 21.6 Å². The van der Waals surface area contributed by atoms with Gasteiger partial charge in [-0.15, -0.1) is 10.2 Å². The summed E-state index contributed by atoms with van der Waals surface area (Å²) in [5, 5.41) is 8.54. The molecule has 0 bridgehead atoms. The van der Waals surface area contributed by atoms with Gasteiger partial charge >= 0.3 is 0 Å². The predicted octanol–water partition coefficient (Wildman–Crippen LogP) is 1.66. The van der Waals surface area contributed by atoms with Crippen molar-refractivity contribution in [3.05, 3.63) is 60.0 Å². The number of hydrogen-bond acceptors (Lipinski definition) is 5. The third-order valence-electron chi connectivity index (χ3n) is 5.15. The summed E-state index contributed by atoms with van der Waals surface area (Å²) >= 11 is 0. The van der Waals surface area contributed by atoms with Crippen molar-refractivity contribution in [1.82, 2.24) is 24.2 Å². The minimum atomic E-state index is -3.58. The fourth-order valence-corrected chi connectivity index (χ4v) is 4.35. The maximum absolute atomic E-state index is 12.9. The van der Waals surface area contributed by atoms with Gasteiger partial charge in [0.15, 0.2) is 5.65 Å². The minimum Gasteiger partial charge on any atom is -0.339 e. The lowest BCUT2D eigenvalue weighted by Gasteiger charge is -2.31. The van der Waals surface area contributed by atoms with Gasteiger partial charge in [0.1, 0.15) is 5.82 Å². The number of nitrogens with zero attached hydrogens (tertiary/aromatic N) is 4. The summed E-state index contributed by atoms with van der Waals surface area (Å²) in [7, 11) is -2.23. The SMILES string of the molecule is CNS(=O)(=O)c1cccc(C(=O)N2CCC(c3nnc4ccccn34)CC2)c1. The standard InChI is InChI=1S/C19H21N5O3S/c1-20-28(26,27)16-6-4-5-15(13-16)19(25)23-11-8-14(9-12-23)18-22-21-17-7-2-3-10-24(17)18/h2-7,10,13-14,20H,8-9,11-12H2,1H3. The van der Waals surface area contributed by atoms with Crippen LogP contribution in [0.2, 0.25) is 0 Å². The Balaban J connectivity index is 1.48. The first-order chi connectivity index (χ1) is 13.5. The third-order valence-corrected chi connectivity index (χ3v) is 6.56. The van der Waals surface area contributed by atoms with E-state index in [1.54, 1.807) is 17.0 Å². The molecule has 0 unspecified atom stereocenters. The molecule has 1 aliphatic rings. The smallest absolute Gasteiger partial charge is 0.253 e. The maximum Gasteiger partial charge on any atom is 0.253 e. The average molecular weight is 399 g/mol. The van der Waals surface area contributed by atoms with Crippen LogP contribution in [-0.4, -0.2) is 54.0 Å². The van der Waals surface area contributed by atoms with Crippen molar-refractivity contribution in [2.24, 2.45) is 0 Å². The quantitative estimate of drug-likeness (QED) is 0.720. The van der Waals surface area contributed by atoms with Crippen molar-refractivity contribution in [3.63, 3.8) is 0 Å². The number of likely N-dealkylation sites (tertiary alicyclic amines) is 1. The number of hydrogen-bond donors (Lipinski definition) is 1. The lowest BCUT2D eigenvalue weighted by Crippen LogP contribution is -2.38. The molecule has 0 atom stereocenters. The van der Waals surface area contributed by atoms with Gasteiger partial charge in [-0.2, -0.15) is 0 Å². The summed E-state index contributed by atoms with van der Waals surface area (Å²) in [5.41, 5.74) is 1.20. The Morgan fingerprint density at radius 3 is 2.64 bits per heavy atom. The first kappa shape index (κ1) is 18.6. The van der Waals surface area contributed by atoms with Gasteiger partial charge in [-0.3, -0.25) is 9.20 Å². The monoisotopic (exact) mass is 399 g/mol. The number of amides is 1. The zero-order valence-electron chi connectivity index (χ0n) is 15.4. The summed E-state index contributed by atoms with van der Waals surface area (Å²) < 4.78 is 28.2.